The smallest absolute Gasteiger partial charge is 0.167 e. The lowest BCUT2D eigenvalue weighted by Crippen LogP contribution is -2.22. The maximum absolute atomic E-state index is 12.1. The molecule has 0 bridgehead atoms. The summed E-state index contributed by atoms with van der Waals surface area (Å²) in [6, 6.07) is 3.61. The highest BCUT2D eigenvalue weighted by Gasteiger charge is 2.20. The monoisotopic (exact) mass is 235 g/mol. The number of ether oxygens (including phenoxy) is 2. The fourth-order valence-corrected chi connectivity index (χ4v) is 1.83. The van der Waals surface area contributed by atoms with Crippen LogP contribution in [0.5, 0.6) is 11.5 Å². The van der Waals surface area contributed by atoms with Gasteiger partial charge < -0.3 is 15.2 Å². The summed E-state index contributed by atoms with van der Waals surface area (Å²) in [6.07, 6.45) is 0. The van der Waals surface area contributed by atoms with E-state index in [-0.39, 0.29) is 11.7 Å². The Morgan fingerprint density at radius 3 is 2.53 bits per heavy atom. The number of carbonyl (C=O) groups excluding carboxylic acids is 1. The zero-order chi connectivity index (χ0) is 12.4. The van der Waals surface area contributed by atoms with E-state index in [2.05, 4.69) is 0 Å². The maximum Gasteiger partial charge on any atom is 0.167 e. The van der Waals surface area contributed by atoms with E-state index in [9.17, 15) is 4.79 Å². The molecule has 2 N–H and O–H groups in total. The zero-order valence-corrected chi connectivity index (χ0v) is 10.2. The zero-order valence-electron chi connectivity index (χ0n) is 10.2. The molecule has 1 atom stereocenters. The van der Waals surface area contributed by atoms with E-state index < -0.39 is 0 Å². The van der Waals surface area contributed by atoms with Gasteiger partial charge in [0.05, 0.1) is 0 Å². The summed E-state index contributed by atoms with van der Waals surface area (Å²) in [5.74, 6) is 1.25. The molecule has 17 heavy (non-hydrogen) atoms. The maximum atomic E-state index is 12.1. The van der Waals surface area contributed by atoms with Gasteiger partial charge in [0, 0.05) is 18.0 Å². The molecule has 4 heteroatoms. The van der Waals surface area contributed by atoms with Crippen LogP contribution in [0.3, 0.4) is 0 Å². The van der Waals surface area contributed by atoms with Crippen molar-refractivity contribution in [3.63, 3.8) is 0 Å². The molecule has 4 nitrogen and oxygen atoms in total. The Morgan fingerprint density at radius 2 is 1.94 bits per heavy atom. The van der Waals surface area contributed by atoms with Crippen LogP contribution in [-0.2, 0) is 0 Å². The number of hydrogen-bond donors (Lipinski definition) is 1. The van der Waals surface area contributed by atoms with Crippen molar-refractivity contribution in [1.82, 2.24) is 0 Å². The topological polar surface area (TPSA) is 61.6 Å². The summed E-state index contributed by atoms with van der Waals surface area (Å²) in [7, 11) is 0. The van der Waals surface area contributed by atoms with Gasteiger partial charge in [0.25, 0.3) is 0 Å². The van der Waals surface area contributed by atoms with Crippen molar-refractivity contribution in [1.29, 1.82) is 0 Å². The summed E-state index contributed by atoms with van der Waals surface area (Å²) < 4.78 is 10.9. The quantitative estimate of drug-likeness (QED) is 0.807. The molecular weight excluding hydrogens is 218 g/mol. The molecule has 1 aromatic rings. The second kappa shape index (κ2) is 4.75. The number of carbonyl (C=O) groups is 1. The van der Waals surface area contributed by atoms with Crippen LogP contribution >= 0.6 is 0 Å². The Bertz CT molecular complexity index is 443. The van der Waals surface area contributed by atoms with Crippen LogP contribution in [0, 0.1) is 12.8 Å². The van der Waals surface area contributed by atoms with Gasteiger partial charge in [0.15, 0.2) is 17.3 Å². The number of Topliss-reactive ketones (excluding diaryl/α,β-unsaturated/α-hetero) is 1. The number of rotatable bonds is 3. The standard InChI is InChI=1S/C13H17NO3/c1-8-5-11-12(17-4-3-16-11)6-10(8)13(15)9(2)7-14/h5-6,9H,3-4,7,14H2,1-2H3. The Kier molecular flexibility index (Phi) is 3.33. The molecule has 92 valence electrons. The molecule has 2 rings (SSSR count). The highest BCUT2D eigenvalue weighted by atomic mass is 16.6. The number of hydrogen-bond acceptors (Lipinski definition) is 4. The first-order valence-corrected chi connectivity index (χ1v) is 5.78. The number of nitrogens with two attached hydrogens (primary N) is 1. The Labute approximate surface area is 101 Å². The SMILES string of the molecule is Cc1cc2c(cc1C(=O)C(C)CN)OCCO2. The van der Waals surface area contributed by atoms with Crippen LogP contribution in [0.15, 0.2) is 12.1 Å². The van der Waals surface area contributed by atoms with Gasteiger partial charge in [-0.1, -0.05) is 6.92 Å². The van der Waals surface area contributed by atoms with Gasteiger partial charge in [-0.05, 0) is 24.6 Å². The van der Waals surface area contributed by atoms with Crippen molar-refractivity contribution in [2.75, 3.05) is 19.8 Å². The molecule has 0 fully saturated rings. The highest BCUT2D eigenvalue weighted by Crippen LogP contribution is 2.33. The number of benzene rings is 1. The normalized spacial score (nSPS) is 15.5. The van der Waals surface area contributed by atoms with Crippen molar-refractivity contribution < 1.29 is 14.3 Å². The van der Waals surface area contributed by atoms with Gasteiger partial charge in [0.2, 0.25) is 0 Å². The molecule has 0 aromatic heterocycles. The third kappa shape index (κ3) is 2.26. The molecule has 1 unspecified atom stereocenters. The third-order valence-electron chi connectivity index (χ3n) is 2.96. The summed E-state index contributed by atoms with van der Waals surface area (Å²) >= 11 is 0. The number of fused-ring (bicyclic) bond motifs is 1. The van der Waals surface area contributed by atoms with E-state index in [1.807, 2.05) is 19.9 Å². The Balaban J connectivity index is 2.38. The fraction of sp³-hybridized carbons (Fsp3) is 0.462. The predicted molar refractivity (Wildman–Crippen MR) is 64.7 cm³/mol. The second-order valence-electron chi connectivity index (χ2n) is 4.31. The molecule has 1 aromatic carbocycles. The first-order chi connectivity index (χ1) is 8.13. The molecule has 0 amide bonds. The van der Waals surface area contributed by atoms with Crippen molar-refractivity contribution in [3.8, 4) is 11.5 Å². The lowest BCUT2D eigenvalue weighted by molar-refractivity contribution is 0.0932. The molecular formula is C13H17NO3. The molecule has 1 heterocycles. The van der Waals surface area contributed by atoms with Gasteiger partial charge in [-0.2, -0.15) is 0 Å². The van der Waals surface area contributed by atoms with Gasteiger partial charge in [-0.25, -0.2) is 0 Å². The van der Waals surface area contributed by atoms with E-state index >= 15 is 0 Å². The number of ketones is 1. The number of aryl methyl sites for hydroxylation is 1. The van der Waals surface area contributed by atoms with Crippen LogP contribution in [0.1, 0.15) is 22.8 Å². The molecule has 0 spiro atoms. The van der Waals surface area contributed by atoms with Crippen LogP contribution in [-0.4, -0.2) is 25.5 Å². The predicted octanol–water partition coefficient (Wildman–Crippen LogP) is 1.54. The van der Waals surface area contributed by atoms with Crippen LogP contribution in [0.2, 0.25) is 0 Å². The molecule has 0 saturated heterocycles. The molecule has 0 aliphatic carbocycles. The Hall–Kier alpha value is -1.55. The summed E-state index contributed by atoms with van der Waals surface area (Å²) in [6.45, 7) is 5.16. The summed E-state index contributed by atoms with van der Waals surface area (Å²) in [5, 5.41) is 0. The van der Waals surface area contributed by atoms with Gasteiger partial charge in [-0.3, -0.25) is 4.79 Å². The minimum Gasteiger partial charge on any atom is -0.486 e. The first kappa shape index (κ1) is 11.9. The second-order valence-corrected chi connectivity index (χ2v) is 4.31. The van der Waals surface area contributed by atoms with E-state index in [1.165, 1.54) is 0 Å². The average Bonchev–Trinajstić information content (AvgIpc) is 2.36. The van der Waals surface area contributed by atoms with E-state index in [4.69, 9.17) is 15.2 Å². The van der Waals surface area contributed by atoms with E-state index in [0.717, 1.165) is 5.56 Å². The van der Waals surface area contributed by atoms with Crippen molar-refractivity contribution >= 4 is 5.78 Å². The fourth-order valence-electron chi connectivity index (χ4n) is 1.83. The summed E-state index contributed by atoms with van der Waals surface area (Å²) in [4.78, 5) is 12.1. The molecule has 1 aliphatic rings. The van der Waals surface area contributed by atoms with Crippen LogP contribution < -0.4 is 15.2 Å². The van der Waals surface area contributed by atoms with Crippen molar-refractivity contribution in [2.45, 2.75) is 13.8 Å². The van der Waals surface area contributed by atoms with Crippen molar-refractivity contribution in [2.24, 2.45) is 11.7 Å². The van der Waals surface area contributed by atoms with Gasteiger partial charge in [0.1, 0.15) is 13.2 Å². The van der Waals surface area contributed by atoms with Crippen molar-refractivity contribution in [3.05, 3.63) is 23.3 Å². The van der Waals surface area contributed by atoms with E-state index in [1.54, 1.807) is 6.07 Å². The largest absolute Gasteiger partial charge is 0.486 e. The van der Waals surface area contributed by atoms with Gasteiger partial charge >= 0.3 is 0 Å². The minimum atomic E-state index is -0.170. The third-order valence-corrected chi connectivity index (χ3v) is 2.96. The molecule has 0 radical (unpaired) electrons. The van der Waals surface area contributed by atoms with Crippen LogP contribution in [0.25, 0.3) is 0 Å². The lowest BCUT2D eigenvalue weighted by Gasteiger charge is -2.20. The first-order valence-electron chi connectivity index (χ1n) is 5.78. The van der Waals surface area contributed by atoms with Crippen LogP contribution in [0.4, 0.5) is 0 Å². The summed E-state index contributed by atoms with van der Waals surface area (Å²) in [5.41, 5.74) is 7.10. The Morgan fingerprint density at radius 1 is 1.35 bits per heavy atom. The average molecular weight is 235 g/mol. The molecule has 1 aliphatic heterocycles. The lowest BCUT2D eigenvalue weighted by atomic mass is 9.95. The molecule has 0 saturated carbocycles. The highest BCUT2D eigenvalue weighted by molar-refractivity contribution is 5.99. The van der Waals surface area contributed by atoms with Gasteiger partial charge in [-0.15, -0.1) is 0 Å². The van der Waals surface area contributed by atoms with E-state index in [0.29, 0.717) is 36.8 Å². The minimum absolute atomic E-state index is 0.0574.